The molecule has 1 aromatic carbocycles. The van der Waals surface area contributed by atoms with Crippen LogP contribution in [0.2, 0.25) is 0 Å². The van der Waals surface area contributed by atoms with Crippen LogP contribution in [0.4, 0.5) is 0 Å². The Morgan fingerprint density at radius 3 is 2.48 bits per heavy atom. The summed E-state index contributed by atoms with van der Waals surface area (Å²) in [5.74, 6) is -1.65. The first-order valence-corrected chi connectivity index (χ1v) is 9.51. The van der Waals surface area contributed by atoms with Gasteiger partial charge in [0.05, 0.1) is 12.9 Å². The van der Waals surface area contributed by atoms with Crippen LogP contribution >= 0.6 is 0 Å². The number of likely N-dealkylation sites (tertiary alicyclic amines) is 1. The number of ether oxygens (including phenoxy) is 1. The molecule has 0 radical (unpaired) electrons. The van der Waals surface area contributed by atoms with Crippen LogP contribution in [0, 0.1) is 6.92 Å². The second-order valence-corrected chi connectivity index (χ2v) is 7.43. The Balaban J connectivity index is 1.54. The highest BCUT2D eigenvalue weighted by molar-refractivity contribution is 5.96. The number of hydrogen-bond acceptors (Lipinski definition) is 5. The fourth-order valence-corrected chi connectivity index (χ4v) is 4.09. The molecule has 1 atom stereocenters. The van der Waals surface area contributed by atoms with Crippen molar-refractivity contribution in [1.29, 1.82) is 0 Å². The monoisotopic (exact) mass is 398 g/mol. The van der Waals surface area contributed by atoms with Crippen molar-refractivity contribution in [2.24, 2.45) is 0 Å². The minimum Gasteiger partial charge on any atom is -0.480 e. The lowest BCUT2D eigenvalue weighted by atomic mass is 9.96. The fraction of sp³-hybridized carbons (Fsp3) is 0.381. The lowest BCUT2D eigenvalue weighted by molar-refractivity contribution is -0.143. The van der Waals surface area contributed by atoms with E-state index in [1.54, 1.807) is 17.0 Å². The minimum absolute atomic E-state index is 0.0689. The molecule has 4 rings (SSSR count). The molecule has 0 aliphatic carbocycles. The molecule has 1 spiro atoms. The van der Waals surface area contributed by atoms with Crippen molar-refractivity contribution in [3.8, 4) is 0 Å². The number of piperidine rings is 1. The van der Waals surface area contributed by atoms with Crippen LogP contribution in [-0.2, 0) is 9.53 Å². The Bertz CT molecular complexity index is 930. The topological polar surface area (TPSA) is 100 Å². The third-order valence-electron chi connectivity index (χ3n) is 5.59. The number of rotatable bonds is 3. The average molecular weight is 398 g/mol. The second-order valence-electron chi connectivity index (χ2n) is 7.43. The zero-order valence-electron chi connectivity index (χ0n) is 16.0. The summed E-state index contributed by atoms with van der Waals surface area (Å²) in [6.45, 7) is 2.56. The molecule has 1 N–H and O–H groups in total. The van der Waals surface area contributed by atoms with Crippen molar-refractivity contribution in [1.82, 2.24) is 9.80 Å². The number of amides is 2. The first-order valence-electron chi connectivity index (χ1n) is 9.51. The van der Waals surface area contributed by atoms with E-state index in [0.29, 0.717) is 31.5 Å². The molecule has 152 valence electrons. The maximum atomic E-state index is 13.0. The van der Waals surface area contributed by atoms with Crippen LogP contribution in [0.15, 0.2) is 47.1 Å². The number of benzene rings is 1. The molecule has 3 heterocycles. The molecule has 0 unspecified atom stereocenters. The highest BCUT2D eigenvalue weighted by Gasteiger charge is 2.54. The maximum absolute atomic E-state index is 13.0. The molecular weight excluding hydrogens is 376 g/mol. The summed E-state index contributed by atoms with van der Waals surface area (Å²) < 4.78 is 11.1. The number of aliphatic carboxylic acids is 1. The summed E-state index contributed by atoms with van der Waals surface area (Å²) in [5.41, 5.74) is 0.555. The summed E-state index contributed by atoms with van der Waals surface area (Å²) in [7, 11) is 0. The van der Waals surface area contributed by atoms with Gasteiger partial charge in [0, 0.05) is 31.5 Å². The molecular formula is C21H22N2O6. The van der Waals surface area contributed by atoms with Gasteiger partial charge in [-0.3, -0.25) is 14.5 Å². The van der Waals surface area contributed by atoms with Crippen molar-refractivity contribution >= 4 is 17.8 Å². The molecule has 8 heteroatoms. The standard InChI is InChI=1S/C21H22N2O6/c1-14-4-2-5-15(12-14)18(24)22-9-7-21(8-10-22)23(16(13-29-21)20(26)27)19(25)17-6-3-11-28-17/h2-6,11-12,16H,7-10,13H2,1H3,(H,26,27)/t16-/m1/s1. The van der Waals surface area contributed by atoms with E-state index in [0.717, 1.165) is 5.56 Å². The quantitative estimate of drug-likeness (QED) is 0.850. The molecule has 2 fully saturated rings. The van der Waals surface area contributed by atoms with Gasteiger partial charge in [0.2, 0.25) is 0 Å². The Morgan fingerprint density at radius 1 is 1.10 bits per heavy atom. The molecule has 0 bridgehead atoms. The van der Waals surface area contributed by atoms with Gasteiger partial charge >= 0.3 is 5.97 Å². The Kier molecular flexibility index (Phi) is 4.87. The van der Waals surface area contributed by atoms with Crippen LogP contribution < -0.4 is 0 Å². The molecule has 8 nitrogen and oxygen atoms in total. The Labute approximate surface area is 167 Å². The number of carbonyl (C=O) groups is 3. The van der Waals surface area contributed by atoms with Gasteiger partial charge in [0.15, 0.2) is 11.8 Å². The lowest BCUT2D eigenvalue weighted by Crippen LogP contribution is -2.58. The van der Waals surface area contributed by atoms with Crippen LogP contribution in [0.5, 0.6) is 0 Å². The van der Waals surface area contributed by atoms with Crippen molar-refractivity contribution in [3.05, 3.63) is 59.5 Å². The summed E-state index contributed by atoms with van der Waals surface area (Å²) in [4.78, 5) is 40.5. The predicted octanol–water partition coefficient (Wildman–Crippen LogP) is 2.15. The van der Waals surface area contributed by atoms with E-state index in [-0.39, 0.29) is 18.3 Å². The van der Waals surface area contributed by atoms with E-state index >= 15 is 0 Å². The van der Waals surface area contributed by atoms with E-state index in [4.69, 9.17) is 9.15 Å². The highest BCUT2D eigenvalue weighted by atomic mass is 16.5. The van der Waals surface area contributed by atoms with Gasteiger partial charge in [-0.1, -0.05) is 17.7 Å². The fourth-order valence-electron chi connectivity index (χ4n) is 4.09. The summed E-state index contributed by atoms with van der Waals surface area (Å²) in [5, 5.41) is 9.59. The largest absolute Gasteiger partial charge is 0.480 e. The van der Waals surface area contributed by atoms with E-state index in [1.807, 2.05) is 25.1 Å². The molecule has 2 aliphatic rings. The predicted molar refractivity (Wildman–Crippen MR) is 101 cm³/mol. The van der Waals surface area contributed by atoms with Gasteiger partial charge in [-0.15, -0.1) is 0 Å². The lowest BCUT2D eigenvalue weighted by Gasteiger charge is -2.44. The Morgan fingerprint density at radius 2 is 1.86 bits per heavy atom. The van der Waals surface area contributed by atoms with Crippen LogP contribution in [-0.4, -0.2) is 64.2 Å². The van der Waals surface area contributed by atoms with Gasteiger partial charge in [-0.25, -0.2) is 4.79 Å². The second kappa shape index (κ2) is 7.36. The first-order chi connectivity index (χ1) is 13.9. The van der Waals surface area contributed by atoms with Crippen LogP contribution in [0.3, 0.4) is 0 Å². The van der Waals surface area contributed by atoms with Crippen LogP contribution in [0.1, 0.15) is 39.3 Å². The number of hydrogen-bond donors (Lipinski definition) is 1. The zero-order chi connectivity index (χ0) is 20.6. The van der Waals surface area contributed by atoms with E-state index in [1.165, 1.54) is 17.2 Å². The number of carbonyl (C=O) groups excluding carboxylic acids is 2. The first kappa shape index (κ1) is 19.2. The van der Waals surface area contributed by atoms with Crippen molar-refractivity contribution < 1.29 is 28.6 Å². The molecule has 1 aromatic heterocycles. The van der Waals surface area contributed by atoms with Gasteiger partial charge in [-0.05, 0) is 31.2 Å². The molecule has 0 saturated carbocycles. The average Bonchev–Trinajstić information content (AvgIpc) is 3.36. The normalized spacial score (nSPS) is 20.8. The Hall–Kier alpha value is -3.13. The van der Waals surface area contributed by atoms with Gasteiger partial charge in [0.25, 0.3) is 11.8 Å². The number of carboxylic acid groups (broad SMARTS) is 1. The van der Waals surface area contributed by atoms with Crippen molar-refractivity contribution in [3.63, 3.8) is 0 Å². The minimum atomic E-state index is -1.12. The van der Waals surface area contributed by atoms with E-state index < -0.39 is 23.6 Å². The van der Waals surface area contributed by atoms with Crippen LogP contribution in [0.25, 0.3) is 0 Å². The molecule has 2 amide bonds. The summed E-state index contributed by atoms with van der Waals surface area (Å²) in [6.07, 6.45) is 2.04. The number of furan rings is 1. The maximum Gasteiger partial charge on any atom is 0.328 e. The number of aryl methyl sites for hydroxylation is 1. The summed E-state index contributed by atoms with van der Waals surface area (Å²) >= 11 is 0. The van der Waals surface area contributed by atoms with Crippen molar-refractivity contribution in [2.75, 3.05) is 19.7 Å². The highest BCUT2D eigenvalue weighted by Crippen LogP contribution is 2.38. The number of carboxylic acids is 1. The van der Waals surface area contributed by atoms with Gasteiger partial charge in [0.1, 0.15) is 5.72 Å². The summed E-state index contributed by atoms with van der Waals surface area (Å²) in [6, 6.07) is 9.38. The van der Waals surface area contributed by atoms with Crippen molar-refractivity contribution in [2.45, 2.75) is 31.5 Å². The number of nitrogens with zero attached hydrogens (tertiary/aromatic N) is 2. The molecule has 2 aliphatic heterocycles. The van der Waals surface area contributed by atoms with E-state index in [9.17, 15) is 19.5 Å². The molecule has 29 heavy (non-hydrogen) atoms. The third kappa shape index (κ3) is 3.40. The van der Waals surface area contributed by atoms with E-state index in [2.05, 4.69) is 0 Å². The zero-order valence-corrected chi connectivity index (χ0v) is 16.0. The smallest absolute Gasteiger partial charge is 0.328 e. The molecule has 2 aromatic rings. The third-order valence-corrected chi connectivity index (χ3v) is 5.59. The van der Waals surface area contributed by atoms with Gasteiger partial charge in [-0.2, -0.15) is 0 Å². The van der Waals surface area contributed by atoms with Gasteiger partial charge < -0.3 is 19.2 Å². The SMILES string of the molecule is Cc1cccc(C(=O)N2CCC3(CC2)OC[C@H](C(=O)O)N3C(=O)c2ccco2)c1. The molecule has 2 saturated heterocycles.